The lowest BCUT2D eigenvalue weighted by Crippen LogP contribution is -2.11. The number of benzene rings is 1. The minimum Gasteiger partial charge on any atom is -0.322 e. The van der Waals surface area contributed by atoms with Crippen molar-refractivity contribution < 1.29 is 9.59 Å². The van der Waals surface area contributed by atoms with Gasteiger partial charge in [0.15, 0.2) is 0 Å². The van der Waals surface area contributed by atoms with Crippen molar-refractivity contribution in [3.05, 3.63) is 42.0 Å². The molecule has 0 fully saturated rings. The Hall–Kier alpha value is -1.90. The minimum absolute atomic E-state index is 0.243. The molecular formula is C11H11NO2. The Morgan fingerprint density at radius 1 is 1.50 bits per heavy atom. The number of carbonyl (C=O) groups is 2. The molecule has 1 rings (SSSR count). The van der Waals surface area contributed by atoms with E-state index in [0.29, 0.717) is 16.8 Å². The topological polar surface area (TPSA) is 46.2 Å². The van der Waals surface area contributed by atoms with Crippen molar-refractivity contribution in [1.29, 1.82) is 0 Å². The summed E-state index contributed by atoms with van der Waals surface area (Å²) in [5.74, 6) is -0.243. The van der Waals surface area contributed by atoms with Crippen LogP contribution < -0.4 is 5.32 Å². The van der Waals surface area contributed by atoms with Crippen molar-refractivity contribution in [3.63, 3.8) is 0 Å². The molecule has 0 bridgehead atoms. The van der Waals surface area contributed by atoms with Crippen LogP contribution in [0.3, 0.4) is 0 Å². The number of anilines is 1. The van der Waals surface area contributed by atoms with Gasteiger partial charge < -0.3 is 5.32 Å². The summed E-state index contributed by atoms with van der Waals surface area (Å²) in [5.41, 5.74) is 1.56. The van der Waals surface area contributed by atoms with Crippen LogP contribution in [0.15, 0.2) is 36.4 Å². The summed E-state index contributed by atoms with van der Waals surface area (Å²) in [4.78, 5) is 21.7. The van der Waals surface area contributed by atoms with Crippen molar-refractivity contribution in [2.24, 2.45) is 0 Å². The van der Waals surface area contributed by atoms with Crippen molar-refractivity contribution in [2.75, 3.05) is 5.32 Å². The lowest BCUT2D eigenvalue weighted by atomic mass is 10.2. The highest BCUT2D eigenvalue weighted by Gasteiger charge is 2.02. The molecule has 0 aliphatic heterocycles. The first-order chi connectivity index (χ1) is 6.63. The third-order valence-corrected chi connectivity index (χ3v) is 1.67. The fourth-order valence-corrected chi connectivity index (χ4v) is 0.928. The van der Waals surface area contributed by atoms with E-state index in [1.54, 1.807) is 31.2 Å². The Bertz CT molecular complexity index is 383. The third kappa shape index (κ3) is 2.55. The van der Waals surface area contributed by atoms with Crippen molar-refractivity contribution in [3.8, 4) is 0 Å². The molecule has 3 nitrogen and oxygen atoms in total. The molecule has 14 heavy (non-hydrogen) atoms. The summed E-state index contributed by atoms with van der Waals surface area (Å²) in [6.07, 6.45) is 0.733. The normalized spacial score (nSPS) is 9.21. The van der Waals surface area contributed by atoms with Gasteiger partial charge in [0, 0.05) is 16.8 Å². The standard InChI is InChI=1S/C11H11NO2/c1-8(2)11(14)12-10-5-3-4-9(6-10)7-13/h3-7H,1H2,2H3,(H,12,14). The van der Waals surface area contributed by atoms with Gasteiger partial charge >= 0.3 is 0 Å². The van der Waals surface area contributed by atoms with Gasteiger partial charge in [0.05, 0.1) is 0 Å². The number of amides is 1. The molecule has 1 N–H and O–H groups in total. The molecule has 0 atom stereocenters. The summed E-state index contributed by atoms with van der Waals surface area (Å²) in [6.45, 7) is 5.14. The van der Waals surface area contributed by atoms with Gasteiger partial charge in [-0.25, -0.2) is 0 Å². The van der Waals surface area contributed by atoms with E-state index >= 15 is 0 Å². The maximum Gasteiger partial charge on any atom is 0.250 e. The lowest BCUT2D eigenvalue weighted by Gasteiger charge is -2.04. The average molecular weight is 189 g/mol. The number of carbonyl (C=O) groups excluding carboxylic acids is 2. The second kappa shape index (κ2) is 4.37. The number of rotatable bonds is 3. The van der Waals surface area contributed by atoms with E-state index in [9.17, 15) is 9.59 Å². The molecule has 72 valence electrons. The van der Waals surface area contributed by atoms with Gasteiger partial charge in [-0.3, -0.25) is 9.59 Å². The van der Waals surface area contributed by atoms with Crippen LogP contribution in [-0.2, 0) is 4.79 Å². The number of nitrogens with one attached hydrogen (secondary N) is 1. The molecule has 0 spiro atoms. The third-order valence-electron chi connectivity index (χ3n) is 1.67. The molecule has 1 aromatic carbocycles. The maximum atomic E-state index is 11.2. The van der Waals surface area contributed by atoms with Crippen LogP contribution in [0.4, 0.5) is 5.69 Å². The van der Waals surface area contributed by atoms with E-state index in [2.05, 4.69) is 11.9 Å². The highest BCUT2D eigenvalue weighted by atomic mass is 16.1. The summed E-state index contributed by atoms with van der Waals surface area (Å²) < 4.78 is 0. The molecule has 0 unspecified atom stereocenters. The van der Waals surface area contributed by atoms with E-state index in [4.69, 9.17) is 0 Å². The van der Waals surface area contributed by atoms with Crippen molar-refractivity contribution >= 4 is 17.9 Å². The molecule has 3 heteroatoms. The van der Waals surface area contributed by atoms with E-state index in [-0.39, 0.29) is 5.91 Å². The zero-order chi connectivity index (χ0) is 10.6. The van der Waals surface area contributed by atoms with Crippen molar-refractivity contribution in [1.82, 2.24) is 0 Å². The Labute approximate surface area is 82.4 Å². The van der Waals surface area contributed by atoms with E-state index in [0.717, 1.165) is 6.29 Å². The molecule has 0 saturated carbocycles. The Kier molecular flexibility index (Phi) is 3.18. The van der Waals surface area contributed by atoms with Gasteiger partial charge in [-0.05, 0) is 19.1 Å². The van der Waals surface area contributed by atoms with Gasteiger partial charge in [0.1, 0.15) is 6.29 Å². The molecule has 1 amide bonds. The van der Waals surface area contributed by atoms with E-state index in [1.165, 1.54) is 0 Å². The molecule has 0 heterocycles. The maximum absolute atomic E-state index is 11.2. The fourth-order valence-electron chi connectivity index (χ4n) is 0.928. The second-order valence-corrected chi connectivity index (χ2v) is 2.98. The number of hydrogen-bond acceptors (Lipinski definition) is 2. The van der Waals surface area contributed by atoms with Crippen LogP contribution in [0.1, 0.15) is 17.3 Å². The first-order valence-electron chi connectivity index (χ1n) is 4.15. The Balaban J connectivity index is 2.81. The fraction of sp³-hybridized carbons (Fsp3) is 0.0909. The van der Waals surface area contributed by atoms with Gasteiger partial charge in [-0.15, -0.1) is 0 Å². The van der Waals surface area contributed by atoms with Crippen LogP contribution in [0.25, 0.3) is 0 Å². The van der Waals surface area contributed by atoms with Crippen LogP contribution in [0.2, 0.25) is 0 Å². The highest BCUT2D eigenvalue weighted by molar-refractivity contribution is 6.03. The largest absolute Gasteiger partial charge is 0.322 e. The molecule has 0 aliphatic rings. The molecule has 0 radical (unpaired) electrons. The predicted molar refractivity (Wildman–Crippen MR) is 55.3 cm³/mol. The zero-order valence-electron chi connectivity index (χ0n) is 7.91. The molecule has 0 aromatic heterocycles. The van der Waals surface area contributed by atoms with Crippen molar-refractivity contribution in [2.45, 2.75) is 6.92 Å². The number of hydrogen-bond donors (Lipinski definition) is 1. The Morgan fingerprint density at radius 3 is 2.79 bits per heavy atom. The first-order valence-corrected chi connectivity index (χ1v) is 4.15. The van der Waals surface area contributed by atoms with Crippen LogP contribution in [0.5, 0.6) is 0 Å². The van der Waals surface area contributed by atoms with Crippen LogP contribution >= 0.6 is 0 Å². The number of aldehydes is 1. The second-order valence-electron chi connectivity index (χ2n) is 2.98. The van der Waals surface area contributed by atoms with Gasteiger partial charge in [0.2, 0.25) is 0 Å². The molecule has 1 aromatic rings. The summed E-state index contributed by atoms with van der Waals surface area (Å²) in [7, 11) is 0. The summed E-state index contributed by atoms with van der Waals surface area (Å²) in [6, 6.07) is 6.70. The van der Waals surface area contributed by atoms with Gasteiger partial charge in [-0.2, -0.15) is 0 Å². The monoisotopic (exact) mass is 189 g/mol. The highest BCUT2D eigenvalue weighted by Crippen LogP contribution is 2.09. The quantitative estimate of drug-likeness (QED) is 0.584. The molecule has 0 saturated heterocycles. The summed E-state index contributed by atoms with van der Waals surface area (Å²) >= 11 is 0. The SMILES string of the molecule is C=C(C)C(=O)Nc1cccc(C=O)c1. The smallest absolute Gasteiger partial charge is 0.250 e. The Morgan fingerprint density at radius 2 is 2.21 bits per heavy atom. The van der Waals surface area contributed by atoms with Gasteiger partial charge in [-0.1, -0.05) is 18.7 Å². The lowest BCUT2D eigenvalue weighted by molar-refractivity contribution is -0.112. The summed E-state index contributed by atoms with van der Waals surface area (Å²) in [5, 5.41) is 2.62. The first kappa shape index (κ1) is 10.2. The van der Waals surface area contributed by atoms with Crippen LogP contribution in [0, 0.1) is 0 Å². The van der Waals surface area contributed by atoms with Gasteiger partial charge in [0.25, 0.3) is 5.91 Å². The van der Waals surface area contributed by atoms with E-state index in [1.807, 2.05) is 0 Å². The predicted octanol–water partition coefficient (Wildman–Crippen LogP) is 2.01. The zero-order valence-corrected chi connectivity index (χ0v) is 7.91. The molecule has 0 aliphatic carbocycles. The van der Waals surface area contributed by atoms with Crippen LogP contribution in [-0.4, -0.2) is 12.2 Å². The average Bonchev–Trinajstić information content (AvgIpc) is 2.18. The molecular weight excluding hydrogens is 178 g/mol. The minimum atomic E-state index is -0.243. The van der Waals surface area contributed by atoms with E-state index < -0.39 is 0 Å².